The van der Waals surface area contributed by atoms with Gasteiger partial charge in [0.1, 0.15) is 6.61 Å². The highest BCUT2D eigenvalue weighted by Gasteiger charge is 2.54. The van der Waals surface area contributed by atoms with Gasteiger partial charge in [0.25, 0.3) is 0 Å². The van der Waals surface area contributed by atoms with Gasteiger partial charge in [-0.1, -0.05) is 37.8 Å². The lowest BCUT2D eigenvalue weighted by Crippen LogP contribution is -2.43. The zero-order valence-electron chi connectivity index (χ0n) is 16.3. The maximum atomic E-state index is 10.4. The highest BCUT2D eigenvalue weighted by molar-refractivity contribution is 5.76. The highest BCUT2D eigenvalue weighted by atomic mass is 16.5. The fourth-order valence-electron chi connectivity index (χ4n) is 5.67. The lowest BCUT2D eigenvalue weighted by Gasteiger charge is -2.50. The maximum absolute atomic E-state index is 10.4. The Hall–Kier alpha value is -1.45. The Labute approximate surface area is 157 Å². The van der Waals surface area contributed by atoms with Gasteiger partial charge in [-0.15, -0.1) is 0 Å². The van der Waals surface area contributed by atoms with Gasteiger partial charge in [0.05, 0.1) is 6.10 Å². The van der Waals surface area contributed by atoms with Crippen LogP contribution in [0, 0.1) is 17.3 Å². The molecular weight excluding hydrogens is 324 g/mol. The molecule has 1 aromatic rings. The van der Waals surface area contributed by atoms with Crippen molar-refractivity contribution in [2.45, 2.75) is 58.0 Å². The third kappa shape index (κ3) is 3.39. The van der Waals surface area contributed by atoms with E-state index in [1.807, 2.05) is 0 Å². The molecule has 0 spiro atoms. The second kappa shape index (κ2) is 7.66. The molecule has 0 heterocycles. The first-order chi connectivity index (χ1) is 12.4. The van der Waals surface area contributed by atoms with Gasteiger partial charge in [0.15, 0.2) is 5.78 Å². The predicted octanol–water partition coefficient (Wildman–Crippen LogP) is 4.60. The Balaban J connectivity index is 0.000000286. The quantitative estimate of drug-likeness (QED) is 0.842. The van der Waals surface area contributed by atoms with Crippen LogP contribution < -0.4 is 0 Å². The Morgan fingerprint density at radius 1 is 1.31 bits per heavy atom. The van der Waals surface area contributed by atoms with Crippen LogP contribution in [0.5, 0.6) is 0 Å². The summed E-state index contributed by atoms with van der Waals surface area (Å²) in [6.07, 6.45) is 5.67. The van der Waals surface area contributed by atoms with Gasteiger partial charge in [0, 0.05) is 7.11 Å². The molecule has 0 aliphatic heterocycles. The van der Waals surface area contributed by atoms with Gasteiger partial charge in [-0.2, -0.15) is 0 Å². The molecule has 3 heteroatoms. The molecule has 0 saturated heterocycles. The van der Waals surface area contributed by atoms with Crippen molar-refractivity contribution in [2.75, 3.05) is 13.7 Å². The van der Waals surface area contributed by atoms with Gasteiger partial charge < -0.3 is 9.84 Å². The molecule has 4 rings (SSSR count). The lowest BCUT2D eigenvalue weighted by molar-refractivity contribution is -0.120. The second-order valence-corrected chi connectivity index (χ2v) is 8.54. The summed E-state index contributed by atoms with van der Waals surface area (Å²) in [6, 6.07) is 8.86. The number of aliphatic hydroxyl groups excluding tert-OH is 1. The van der Waals surface area contributed by atoms with Crippen molar-refractivity contribution < 1.29 is 14.6 Å². The number of hydrogen-bond acceptors (Lipinski definition) is 3. The number of ether oxygens (including phenoxy) is 1. The van der Waals surface area contributed by atoms with Crippen LogP contribution in [0.4, 0.5) is 0 Å². The van der Waals surface area contributed by atoms with Crippen molar-refractivity contribution in [1.29, 1.82) is 0 Å². The van der Waals surface area contributed by atoms with Crippen molar-refractivity contribution in [2.24, 2.45) is 17.3 Å². The van der Waals surface area contributed by atoms with E-state index in [4.69, 9.17) is 0 Å². The normalized spacial score (nSPS) is 34.8. The number of rotatable bonds is 2. The average Bonchev–Trinajstić information content (AvgIpc) is 2.91. The number of aliphatic hydroxyl groups is 1. The summed E-state index contributed by atoms with van der Waals surface area (Å²) < 4.78 is 4.45. The third-order valence-electron chi connectivity index (χ3n) is 6.96. The van der Waals surface area contributed by atoms with Crippen LogP contribution in [0.2, 0.25) is 0 Å². The van der Waals surface area contributed by atoms with E-state index >= 15 is 0 Å². The van der Waals surface area contributed by atoms with Crippen molar-refractivity contribution in [3.05, 3.63) is 42.0 Å². The molecule has 0 aromatic heterocycles. The summed E-state index contributed by atoms with van der Waals surface area (Å²) in [4.78, 5) is 9.92. The summed E-state index contributed by atoms with van der Waals surface area (Å²) in [5.74, 6) is 2.15. The molecule has 2 saturated carbocycles. The number of carbonyl (C=O) groups is 1. The van der Waals surface area contributed by atoms with E-state index < -0.39 is 0 Å². The Bertz CT molecular complexity index is 680. The van der Waals surface area contributed by atoms with Gasteiger partial charge >= 0.3 is 0 Å². The summed E-state index contributed by atoms with van der Waals surface area (Å²) >= 11 is 0. The number of Topliss-reactive ketones (excluding diaryl/α,β-unsaturated/α-hetero) is 1. The molecule has 142 valence electrons. The smallest absolute Gasteiger partial charge is 0.155 e. The summed E-state index contributed by atoms with van der Waals surface area (Å²) in [6.45, 7) is 8.39. The number of fused-ring (bicyclic) bond motifs is 5. The standard InChI is InChI=1S/C19H24O.C4H8O2/c1-12-11-16-15(14-6-4-3-5-13(12)14)9-10-19(2)17(16)7-8-18(19)20;1-4(5)3-6-2/h3-6,15-18,20H,1,7-11H2,2H3;3H2,1-2H3. The Morgan fingerprint density at radius 2 is 2.04 bits per heavy atom. The molecule has 0 amide bonds. The van der Waals surface area contributed by atoms with Gasteiger partial charge in [0.2, 0.25) is 0 Å². The van der Waals surface area contributed by atoms with Gasteiger partial charge in [-0.05, 0) is 78.9 Å². The highest BCUT2D eigenvalue weighted by Crippen LogP contribution is 2.61. The van der Waals surface area contributed by atoms with Crippen molar-refractivity contribution in [1.82, 2.24) is 0 Å². The average molecular weight is 357 g/mol. The number of methoxy groups -OCH3 is 1. The molecule has 1 N–H and O–H groups in total. The minimum Gasteiger partial charge on any atom is -0.393 e. The number of ketones is 1. The minimum atomic E-state index is -0.0844. The molecule has 5 unspecified atom stereocenters. The number of benzene rings is 1. The van der Waals surface area contributed by atoms with E-state index in [0.29, 0.717) is 17.8 Å². The number of carbonyl (C=O) groups excluding carboxylic acids is 1. The van der Waals surface area contributed by atoms with Crippen LogP contribution in [0.15, 0.2) is 30.8 Å². The zero-order valence-corrected chi connectivity index (χ0v) is 16.3. The van der Waals surface area contributed by atoms with E-state index in [1.165, 1.54) is 50.0 Å². The lowest BCUT2D eigenvalue weighted by atomic mass is 9.55. The van der Waals surface area contributed by atoms with Crippen LogP contribution in [-0.4, -0.2) is 30.7 Å². The predicted molar refractivity (Wildman–Crippen MR) is 105 cm³/mol. The molecule has 3 aliphatic carbocycles. The van der Waals surface area contributed by atoms with Crippen molar-refractivity contribution >= 4 is 11.4 Å². The van der Waals surface area contributed by atoms with E-state index in [-0.39, 0.29) is 23.9 Å². The van der Waals surface area contributed by atoms with Crippen LogP contribution in [-0.2, 0) is 9.53 Å². The van der Waals surface area contributed by atoms with Crippen LogP contribution in [0.25, 0.3) is 5.57 Å². The van der Waals surface area contributed by atoms with E-state index in [0.717, 1.165) is 12.8 Å². The zero-order chi connectivity index (χ0) is 18.9. The summed E-state index contributed by atoms with van der Waals surface area (Å²) in [5, 5.41) is 10.4. The second-order valence-electron chi connectivity index (χ2n) is 8.54. The first kappa shape index (κ1) is 19.3. The van der Waals surface area contributed by atoms with Gasteiger partial charge in [-0.3, -0.25) is 4.79 Å². The van der Waals surface area contributed by atoms with E-state index in [2.05, 4.69) is 42.5 Å². The fraction of sp³-hybridized carbons (Fsp3) is 0.609. The SMILES string of the molecule is C=C1CC2C(CCC3(C)C(O)CCC23)c2ccccc21.COCC(C)=O. The first-order valence-electron chi connectivity index (χ1n) is 9.82. The van der Waals surface area contributed by atoms with Crippen molar-refractivity contribution in [3.8, 4) is 0 Å². The van der Waals surface area contributed by atoms with Crippen molar-refractivity contribution in [3.63, 3.8) is 0 Å². The number of hydrogen-bond donors (Lipinski definition) is 1. The largest absolute Gasteiger partial charge is 0.393 e. The molecular formula is C23H32O3. The summed E-state index contributed by atoms with van der Waals surface area (Å²) in [7, 11) is 1.50. The topological polar surface area (TPSA) is 46.5 Å². The molecule has 1 aromatic carbocycles. The third-order valence-corrected chi connectivity index (χ3v) is 6.96. The summed E-state index contributed by atoms with van der Waals surface area (Å²) in [5.41, 5.74) is 4.40. The molecule has 3 nitrogen and oxygen atoms in total. The molecule has 0 bridgehead atoms. The number of allylic oxidation sites excluding steroid dienone is 1. The maximum Gasteiger partial charge on any atom is 0.155 e. The van der Waals surface area contributed by atoms with E-state index in [1.54, 1.807) is 0 Å². The van der Waals surface area contributed by atoms with Gasteiger partial charge in [-0.25, -0.2) is 0 Å². The van der Waals surface area contributed by atoms with Crippen LogP contribution in [0.3, 0.4) is 0 Å². The molecule has 26 heavy (non-hydrogen) atoms. The van der Waals surface area contributed by atoms with Crippen LogP contribution >= 0.6 is 0 Å². The molecule has 3 aliphatic rings. The van der Waals surface area contributed by atoms with Crippen LogP contribution in [0.1, 0.15) is 63.0 Å². The monoisotopic (exact) mass is 356 g/mol. The minimum absolute atomic E-state index is 0.0671. The molecule has 0 radical (unpaired) electrons. The fourth-order valence-corrected chi connectivity index (χ4v) is 5.67. The molecule has 2 fully saturated rings. The Morgan fingerprint density at radius 3 is 2.69 bits per heavy atom. The Kier molecular flexibility index (Phi) is 5.69. The molecule has 5 atom stereocenters. The first-order valence-corrected chi connectivity index (χ1v) is 9.82. The van der Waals surface area contributed by atoms with E-state index in [9.17, 15) is 9.90 Å².